The summed E-state index contributed by atoms with van der Waals surface area (Å²) in [6.45, 7) is 0. The number of halogens is 2. The minimum absolute atomic E-state index is 0.114. The van der Waals surface area contributed by atoms with Crippen molar-refractivity contribution in [2.45, 2.75) is 12.5 Å². The summed E-state index contributed by atoms with van der Waals surface area (Å²) in [5.41, 5.74) is 0.555. The second kappa shape index (κ2) is 9.09. The number of carbonyl (C=O) groups excluding carboxylic acids is 1. The van der Waals surface area contributed by atoms with Gasteiger partial charge in [-0.3, -0.25) is 4.79 Å². The number of aromatic amines is 1. The first-order chi connectivity index (χ1) is 14.4. The Morgan fingerprint density at radius 1 is 1.20 bits per heavy atom. The fourth-order valence-corrected chi connectivity index (χ4v) is 5.96. The van der Waals surface area contributed by atoms with E-state index >= 15 is 0 Å². The number of hydrogen-bond donors (Lipinski definition) is 1. The highest BCUT2D eigenvalue weighted by Crippen LogP contribution is 2.33. The van der Waals surface area contributed by atoms with Gasteiger partial charge >= 0.3 is 6.09 Å². The SMILES string of the molecule is CN(C(=O)Oc1ccc(Cl)cc1-c1nc2ccc(Cl)cc2c(=O)[nH]1)[C@H]1CCSSC1. The Labute approximate surface area is 190 Å². The Hall–Kier alpha value is -1.87. The highest BCUT2D eigenvalue weighted by Gasteiger charge is 2.25. The average Bonchev–Trinajstić information content (AvgIpc) is 2.75. The van der Waals surface area contributed by atoms with Crippen molar-refractivity contribution >= 4 is 61.8 Å². The summed E-state index contributed by atoms with van der Waals surface area (Å²) in [6.07, 6.45) is 0.449. The van der Waals surface area contributed by atoms with Gasteiger partial charge in [0.1, 0.15) is 11.6 Å². The Bertz CT molecular complexity index is 1170. The number of fused-ring (bicyclic) bond motifs is 1. The number of aromatic nitrogens is 2. The second-order valence-corrected chi connectivity index (χ2v) is 10.2. The van der Waals surface area contributed by atoms with Crippen LogP contribution in [0.1, 0.15) is 6.42 Å². The molecule has 3 aromatic rings. The largest absolute Gasteiger partial charge is 0.415 e. The van der Waals surface area contributed by atoms with Crippen LogP contribution in [0.4, 0.5) is 4.79 Å². The van der Waals surface area contributed by atoms with Crippen LogP contribution in [0.25, 0.3) is 22.3 Å². The molecular formula is C20H17Cl2N3O3S2. The fraction of sp³-hybridized carbons (Fsp3) is 0.250. The molecule has 1 aliphatic rings. The summed E-state index contributed by atoms with van der Waals surface area (Å²) < 4.78 is 5.67. The lowest BCUT2D eigenvalue weighted by Gasteiger charge is -2.29. The molecule has 0 unspecified atom stereocenters. The molecule has 0 spiro atoms. The van der Waals surface area contributed by atoms with E-state index < -0.39 is 6.09 Å². The summed E-state index contributed by atoms with van der Waals surface area (Å²) in [7, 11) is 5.30. The maximum Gasteiger partial charge on any atom is 0.415 e. The van der Waals surface area contributed by atoms with Crippen molar-refractivity contribution in [2.24, 2.45) is 0 Å². The van der Waals surface area contributed by atoms with Crippen LogP contribution in [0.3, 0.4) is 0 Å². The Balaban J connectivity index is 1.69. The van der Waals surface area contributed by atoms with Crippen LogP contribution in [0.5, 0.6) is 5.75 Å². The van der Waals surface area contributed by atoms with Gasteiger partial charge in [0.05, 0.1) is 16.5 Å². The average molecular weight is 482 g/mol. The van der Waals surface area contributed by atoms with E-state index in [2.05, 4.69) is 9.97 Å². The van der Waals surface area contributed by atoms with Crippen LogP contribution in [-0.4, -0.2) is 45.6 Å². The van der Waals surface area contributed by atoms with Crippen molar-refractivity contribution in [3.63, 3.8) is 0 Å². The lowest BCUT2D eigenvalue weighted by molar-refractivity contribution is 0.149. The summed E-state index contributed by atoms with van der Waals surface area (Å²) >= 11 is 12.2. The number of nitrogens with zero attached hydrogens (tertiary/aromatic N) is 2. The highest BCUT2D eigenvalue weighted by molar-refractivity contribution is 8.76. The molecule has 0 bridgehead atoms. The number of benzene rings is 2. The lowest BCUT2D eigenvalue weighted by atomic mass is 10.1. The topological polar surface area (TPSA) is 75.3 Å². The van der Waals surface area contributed by atoms with E-state index in [-0.39, 0.29) is 23.2 Å². The second-order valence-electron chi connectivity index (χ2n) is 6.74. The van der Waals surface area contributed by atoms with Crippen LogP contribution >= 0.6 is 44.8 Å². The zero-order chi connectivity index (χ0) is 21.3. The standard InChI is InChI=1S/C20H17Cl2N3O3S2/c1-25(13-6-7-29-30-10-13)20(27)28-17-5-3-12(22)9-15(17)18-23-16-4-2-11(21)8-14(16)19(26)24-18/h2-5,8-9,13H,6-7,10H2,1H3,(H,23,24,26)/t13-/m0/s1. The van der Waals surface area contributed by atoms with Crippen molar-refractivity contribution < 1.29 is 9.53 Å². The maximum atomic E-state index is 12.7. The third-order valence-electron chi connectivity index (χ3n) is 4.78. The number of hydrogen-bond acceptors (Lipinski definition) is 6. The molecule has 1 saturated heterocycles. The first-order valence-electron chi connectivity index (χ1n) is 9.11. The van der Waals surface area contributed by atoms with Crippen LogP contribution < -0.4 is 10.3 Å². The molecule has 10 heteroatoms. The number of carbonyl (C=O) groups is 1. The summed E-state index contributed by atoms with van der Waals surface area (Å²) in [5, 5.41) is 1.25. The molecule has 156 valence electrons. The van der Waals surface area contributed by atoms with Crippen LogP contribution in [-0.2, 0) is 0 Å². The van der Waals surface area contributed by atoms with Gasteiger partial charge in [-0.05, 0) is 42.8 Å². The normalized spacial score (nSPS) is 16.4. The molecular weight excluding hydrogens is 465 g/mol. The molecule has 1 amide bonds. The number of amides is 1. The van der Waals surface area contributed by atoms with Crippen molar-refractivity contribution in [2.75, 3.05) is 18.6 Å². The summed E-state index contributed by atoms with van der Waals surface area (Å²) in [6, 6.07) is 9.83. The van der Waals surface area contributed by atoms with Gasteiger partial charge in [0.25, 0.3) is 5.56 Å². The first-order valence-corrected chi connectivity index (χ1v) is 12.4. The van der Waals surface area contributed by atoms with Crippen LogP contribution in [0, 0.1) is 0 Å². The maximum absolute atomic E-state index is 12.7. The van der Waals surface area contributed by atoms with E-state index in [1.165, 1.54) is 0 Å². The predicted molar refractivity (Wildman–Crippen MR) is 125 cm³/mol. The Morgan fingerprint density at radius 2 is 1.97 bits per heavy atom. The summed E-state index contributed by atoms with van der Waals surface area (Å²) in [4.78, 5) is 34.1. The van der Waals surface area contributed by atoms with E-state index in [1.54, 1.807) is 59.1 Å². The van der Waals surface area contributed by atoms with E-state index in [4.69, 9.17) is 27.9 Å². The first kappa shape index (κ1) is 21.4. The Kier molecular flexibility index (Phi) is 6.48. The molecule has 1 aliphatic heterocycles. The van der Waals surface area contributed by atoms with E-state index in [0.29, 0.717) is 26.5 Å². The molecule has 0 radical (unpaired) electrons. The molecule has 1 N–H and O–H groups in total. The van der Waals surface area contributed by atoms with Gasteiger partial charge in [-0.2, -0.15) is 0 Å². The van der Waals surface area contributed by atoms with E-state index in [1.807, 2.05) is 10.8 Å². The van der Waals surface area contributed by atoms with Gasteiger partial charge in [0.15, 0.2) is 0 Å². The quantitative estimate of drug-likeness (QED) is 0.499. The highest BCUT2D eigenvalue weighted by atomic mass is 35.5. The van der Waals surface area contributed by atoms with Gasteiger partial charge < -0.3 is 14.6 Å². The van der Waals surface area contributed by atoms with Crippen LogP contribution in [0.15, 0.2) is 41.2 Å². The van der Waals surface area contributed by atoms with Crippen LogP contribution in [0.2, 0.25) is 10.0 Å². The smallest absolute Gasteiger partial charge is 0.409 e. The number of rotatable bonds is 3. The van der Waals surface area contributed by atoms with Crippen molar-refractivity contribution in [1.82, 2.24) is 14.9 Å². The van der Waals surface area contributed by atoms with Gasteiger partial charge in [-0.25, -0.2) is 9.78 Å². The fourth-order valence-electron chi connectivity index (χ4n) is 3.09. The monoisotopic (exact) mass is 481 g/mol. The number of nitrogens with one attached hydrogen (secondary N) is 1. The Morgan fingerprint density at radius 3 is 2.73 bits per heavy atom. The zero-order valence-corrected chi connectivity index (χ0v) is 19.0. The molecule has 0 aliphatic carbocycles. The molecule has 2 heterocycles. The molecule has 0 saturated carbocycles. The van der Waals surface area contributed by atoms with Crippen molar-refractivity contribution in [3.8, 4) is 17.1 Å². The third-order valence-corrected chi connectivity index (χ3v) is 7.74. The number of H-pyrrole nitrogens is 1. The van der Waals surface area contributed by atoms with E-state index in [9.17, 15) is 9.59 Å². The molecule has 4 rings (SSSR count). The van der Waals surface area contributed by atoms with Gasteiger partial charge in [0.2, 0.25) is 0 Å². The molecule has 1 atom stereocenters. The molecule has 2 aromatic carbocycles. The summed E-state index contributed by atoms with van der Waals surface area (Å²) in [5.74, 6) is 2.37. The lowest BCUT2D eigenvalue weighted by Crippen LogP contribution is -2.41. The predicted octanol–water partition coefficient (Wildman–Crippen LogP) is 5.48. The van der Waals surface area contributed by atoms with Crippen molar-refractivity contribution in [3.05, 3.63) is 56.8 Å². The van der Waals surface area contributed by atoms with Gasteiger partial charge in [-0.15, -0.1) is 0 Å². The molecule has 1 aromatic heterocycles. The molecule has 1 fully saturated rings. The molecule has 6 nitrogen and oxygen atoms in total. The number of ether oxygens (including phenoxy) is 1. The van der Waals surface area contributed by atoms with E-state index in [0.717, 1.165) is 17.9 Å². The van der Waals surface area contributed by atoms with Crippen molar-refractivity contribution in [1.29, 1.82) is 0 Å². The van der Waals surface area contributed by atoms with Gasteiger partial charge in [0, 0.05) is 34.6 Å². The molecule has 30 heavy (non-hydrogen) atoms. The minimum Gasteiger partial charge on any atom is -0.409 e. The minimum atomic E-state index is -0.467. The van der Waals surface area contributed by atoms with Gasteiger partial charge in [-0.1, -0.05) is 44.8 Å². The zero-order valence-electron chi connectivity index (χ0n) is 15.9. The third kappa shape index (κ3) is 4.56.